The van der Waals surface area contributed by atoms with Crippen molar-refractivity contribution in [3.63, 3.8) is 0 Å². The van der Waals surface area contributed by atoms with E-state index in [2.05, 4.69) is 4.98 Å². The van der Waals surface area contributed by atoms with Crippen LogP contribution in [0.15, 0.2) is 54.0 Å². The molecule has 0 saturated heterocycles. The Labute approximate surface area is 103 Å². The Balaban J connectivity index is 2.21. The fourth-order valence-corrected chi connectivity index (χ4v) is 2.51. The fraction of sp³-hybridized carbons (Fsp3) is 0. The topological polar surface area (TPSA) is 30.0 Å². The lowest BCUT2D eigenvalue weighted by Crippen LogP contribution is -2.00. The summed E-state index contributed by atoms with van der Waals surface area (Å²) in [5.74, 6) is 0.0456. The Morgan fingerprint density at radius 2 is 1.94 bits per heavy atom. The van der Waals surface area contributed by atoms with Crippen molar-refractivity contribution in [3.05, 3.63) is 64.5 Å². The molecule has 3 rings (SSSR count). The van der Waals surface area contributed by atoms with Crippen molar-refractivity contribution < 1.29 is 4.79 Å². The van der Waals surface area contributed by atoms with Crippen LogP contribution < -0.4 is 0 Å². The average molecular weight is 239 g/mol. The molecule has 2 aromatic heterocycles. The standard InChI is InChI=1S/C14H9NOS/c16-14(12-7-3-9-17-12)11-6-1-4-10-5-2-8-15-13(10)11/h1-9H. The van der Waals surface area contributed by atoms with Crippen molar-refractivity contribution in [2.24, 2.45) is 0 Å². The summed E-state index contributed by atoms with van der Waals surface area (Å²) in [7, 11) is 0. The van der Waals surface area contributed by atoms with Gasteiger partial charge in [-0.15, -0.1) is 11.3 Å². The van der Waals surface area contributed by atoms with E-state index in [0.717, 1.165) is 15.8 Å². The molecule has 3 heteroatoms. The number of rotatable bonds is 2. The zero-order valence-corrected chi connectivity index (χ0v) is 9.78. The minimum absolute atomic E-state index is 0.0456. The monoisotopic (exact) mass is 239 g/mol. The van der Waals surface area contributed by atoms with Gasteiger partial charge in [0, 0.05) is 17.1 Å². The second-order valence-corrected chi connectivity index (χ2v) is 4.63. The second-order valence-electron chi connectivity index (χ2n) is 3.69. The molecule has 0 fully saturated rings. The highest BCUT2D eigenvalue weighted by atomic mass is 32.1. The van der Waals surface area contributed by atoms with Gasteiger partial charge in [0.15, 0.2) is 0 Å². The molecule has 0 amide bonds. The molecule has 2 heterocycles. The van der Waals surface area contributed by atoms with Gasteiger partial charge < -0.3 is 0 Å². The Morgan fingerprint density at radius 1 is 1.06 bits per heavy atom. The van der Waals surface area contributed by atoms with E-state index < -0.39 is 0 Å². The minimum Gasteiger partial charge on any atom is -0.288 e. The predicted octanol–water partition coefficient (Wildman–Crippen LogP) is 3.53. The third-order valence-corrected chi connectivity index (χ3v) is 3.49. The zero-order chi connectivity index (χ0) is 11.7. The largest absolute Gasteiger partial charge is 0.288 e. The molecule has 0 unspecified atom stereocenters. The van der Waals surface area contributed by atoms with E-state index >= 15 is 0 Å². The molecule has 3 aromatic rings. The van der Waals surface area contributed by atoms with E-state index in [1.165, 1.54) is 11.3 Å². The first-order valence-electron chi connectivity index (χ1n) is 5.28. The van der Waals surface area contributed by atoms with E-state index in [1.54, 1.807) is 6.20 Å². The first kappa shape index (κ1) is 10.2. The lowest BCUT2D eigenvalue weighted by atomic mass is 10.1. The average Bonchev–Trinajstić information content (AvgIpc) is 2.91. The number of ketones is 1. The van der Waals surface area contributed by atoms with Gasteiger partial charge in [0.25, 0.3) is 0 Å². The Hall–Kier alpha value is -2.00. The number of aromatic nitrogens is 1. The van der Waals surface area contributed by atoms with Crippen molar-refractivity contribution in [1.82, 2.24) is 4.98 Å². The van der Waals surface area contributed by atoms with E-state index in [9.17, 15) is 4.79 Å². The number of benzene rings is 1. The lowest BCUT2D eigenvalue weighted by molar-refractivity contribution is 0.104. The summed E-state index contributed by atoms with van der Waals surface area (Å²) in [6.07, 6.45) is 1.72. The van der Waals surface area contributed by atoms with Crippen LogP contribution in [0, 0.1) is 0 Å². The maximum Gasteiger partial charge on any atom is 0.205 e. The van der Waals surface area contributed by atoms with Gasteiger partial charge in [-0.3, -0.25) is 9.78 Å². The normalized spacial score (nSPS) is 10.6. The van der Waals surface area contributed by atoms with Crippen molar-refractivity contribution in [1.29, 1.82) is 0 Å². The summed E-state index contributed by atoms with van der Waals surface area (Å²) in [5, 5.41) is 2.90. The number of hydrogen-bond donors (Lipinski definition) is 0. The van der Waals surface area contributed by atoms with Crippen LogP contribution in [0.3, 0.4) is 0 Å². The molecule has 0 aliphatic rings. The number of para-hydroxylation sites is 1. The molecular weight excluding hydrogens is 230 g/mol. The van der Waals surface area contributed by atoms with E-state index in [1.807, 2.05) is 47.8 Å². The fourth-order valence-electron chi connectivity index (χ4n) is 1.83. The van der Waals surface area contributed by atoms with E-state index in [0.29, 0.717) is 5.56 Å². The van der Waals surface area contributed by atoms with Crippen molar-refractivity contribution >= 4 is 28.0 Å². The number of pyridine rings is 1. The number of carbonyl (C=O) groups is 1. The third kappa shape index (κ3) is 1.74. The molecule has 0 radical (unpaired) electrons. The SMILES string of the molecule is O=C(c1cccs1)c1cccc2cccnc12. The van der Waals surface area contributed by atoms with Gasteiger partial charge in [-0.1, -0.05) is 24.3 Å². The first-order valence-corrected chi connectivity index (χ1v) is 6.16. The lowest BCUT2D eigenvalue weighted by Gasteiger charge is -2.02. The molecule has 0 saturated carbocycles. The highest BCUT2D eigenvalue weighted by molar-refractivity contribution is 7.12. The van der Waals surface area contributed by atoms with Gasteiger partial charge in [-0.05, 0) is 23.6 Å². The number of nitrogens with zero attached hydrogens (tertiary/aromatic N) is 1. The van der Waals surface area contributed by atoms with Crippen LogP contribution in [0.1, 0.15) is 15.2 Å². The highest BCUT2D eigenvalue weighted by Crippen LogP contribution is 2.21. The molecule has 0 aliphatic carbocycles. The molecule has 0 aliphatic heterocycles. The van der Waals surface area contributed by atoms with Crippen LogP contribution >= 0.6 is 11.3 Å². The molecule has 0 spiro atoms. The molecule has 0 atom stereocenters. The van der Waals surface area contributed by atoms with Crippen LogP contribution in [-0.2, 0) is 0 Å². The third-order valence-electron chi connectivity index (χ3n) is 2.62. The van der Waals surface area contributed by atoms with Crippen LogP contribution in [-0.4, -0.2) is 10.8 Å². The molecular formula is C14H9NOS. The van der Waals surface area contributed by atoms with Crippen LogP contribution in [0.5, 0.6) is 0 Å². The Bertz CT molecular complexity index is 668. The Kier molecular flexibility index (Phi) is 2.46. The molecule has 0 bridgehead atoms. The van der Waals surface area contributed by atoms with Crippen molar-refractivity contribution in [2.45, 2.75) is 0 Å². The number of thiophene rings is 1. The van der Waals surface area contributed by atoms with Gasteiger partial charge in [0.2, 0.25) is 5.78 Å². The molecule has 0 N–H and O–H groups in total. The van der Waals surface area contributed by atoms with E-state index in [-0.39, 0.29) is 5.78 Å². The molecule has 17 heavy (non-hydrogen) atoms. The Morgan fingerprint density at radius 3 is 2.76 bits per heavy atom. The quantitative estimate of drug-likeness (QED) is 0.640. The van der Waals surface area contributed by atoms with E-state index in [4.69, 9.17) is 0 Å². The minimum atomic E-state index is 0.0456. The summed E-state index contributed by atoms with van der Waals surface area (Å²) in [4.78, 5) is 17.3. The van der Waals surface area contributed by atoms with Gasteiger partial charge in [-0.2, -0.15) is 0 Å². The molecule has 1 aromatic carbocycles. The summed E-state index contributed by atoms with van der Waals surface area (Å²) in [6, 6.07) is 13.3. The van der Waals surface area contributed by atoms with Crippen molar-refractivity contribution in [2.75, 3.05) is 0 Å². The van der Waals surface area contributed by atoms with Gasteiger partial charge in [-0.25, -0.2) is 0 Å². The summed E-state index contributed by atoms with van der Waals surface area (Å²) in [5.41, 5.74) is 1.44. The predicted molar refractivity (Wildman–Crippen MR) is 69.5 cm³/mol. The van der Waals surface area contributed by atoms with Crippen LogP contribution in [0.2, 0.25) is 0 Å². The van der Waals surface area contributed by atoms with Crippen molar-refractivity contribution in [3.8, 4) is 0 Å². The molecule has 82 valence electrons. The zero-order valence-electron chi connectivity index (χ0n) is 8.96. The maximum absolute atomic E-state index is 12.3. The number of hydrogen-bond acceptors (Lipinski definition) is 3. The summed E-state index contributed by atoms with van der Waals surface area (Å²) in [6.45, 7) is 0. The summed E-state index contributed by atoms with van der Waals surface area (Å²) >= 11 is 1.46. The smallest absolute Gasteiger partial charge is 0.205 e. The highest BCUT2D eigenvalue weighted by Gasteiger charge is 2.13. The summed E-state index contributed by atoms with van der Waals surface area (Å²) < 4.78 is 0. The van der Waals surface area contributed by atoms with Gasteiger partial charge in [0.05, 0.1) is 10.4 Å². The molecule has 2 nitrogen and oxygen atoms in total. The van der Waals surface area contributed by atoms with Gasteiger partial charge in [0.1, 0.15) is 0 Å². The first-order chi connectivity index (χ1) is 8.36. The van der Waals surface area contributed by atoms with Crippen LogP contribution in [0.25, 0.3) is 10.9 Å². The second kappa shape index (κ2) is 4.11. The van der Waals surface area contributed by atoms with Crippen LogP contribution in [0.4, 0.5) is 0 Å². The van der Waals surface area contributed by atoms with Gasteiger partial charge >= 0.3 is 0 Å². The maximum atomic E-state index is 12.3. The number of fused-ring (bicyclic) bond motifs is 1. The number of carbonyl (C=O) groups excluding carboxylic acids is 1.